The van der Waals surface area contributed by atoms with E-state index in [9.17, 15) is 22.4 Å². The molecule has 1 aromatic carbocycles. The highest BCUT2D eigenvalue weighted by Crippen LogP contribution is 2.31. The zero-order chi connectivity index (χ0) is 15.6. The van der Waals surface area contributed by atoms with E-state index in [1.165, 1.54) is 0 Å². The lowest BCUT2D eigenvalue weighted by atomic mass is 10.2. The summed E-state index contributed by atoms with van der Waals surface area (Å²) in [5.74, 6) is -6.37. The Labute approximate surface area is 122 Å². The molecule has 0 aliphatic carbocycles. The molecule has 3 nitrogen and oxygen atoms in total. The third-order valence-electron chi connectivity index (χ3n) is 2.83. The van der Waals surface area contributed by atoms with Gasteiger partial charge in [-0.15, -0.1) is 11.8 Å². The van der Waals surface area contributed by atoms with Crippen molar-refractivity contribution >= 4 is 17.7 Å². The molecule has 1 aliphatic rings. The van der Waals surface area contributed by atoms with Crippen LogP contribution in [0.3, 0.4) is 0 Å². The van der Waals surface area contributed by atoms with Crippen molar-refractivity contribution in [3.8, 4) is 0 Å². The molecule has 2 rings (SSSR count). The molecule has 0 radical (unpaired) electrons. The number of rotatable bonds is 6. The van der Waals surface area contributed by atoms with Gasteiger partial charge in [-0.1, -0.05) is 0 Å². The van der Waals surface area contributed by atoms with Crippen molar-refractivity contribution in [1.29, 1.82) is 0 Å². The van der Waals surface area contributed by atoms with E-state index >= 15 is 0 Å². The maximum atomic E-state index is 13.6. The molecule has 116 valence electrons. The lowest BCUT2D eigenvalue weighted by molar-refractivity contribution is -0.143. The molecule has 1 unspecified atom stereocenters. The van der Waals surface area contributed by atoms with Gasteiger partial charge < -0.3 is 9.47 Å². The van der Waals surface area contributed by atoms with Crippen molar-refractivity contribution in [2.45, 2.75) is 24.3 Å². The third-order valence-corrected chi connectivity index (χ3v) is 3.88. The number of ether oxygens (including phenoxy) is 2. The van der Waals surface area contributed by atoms with Gasteiger partial charge in [0.2, 0.25) is 0 Å². The first-order chi connectivity index (χ1) is 9.91. The van der Waals surface area contributed by atoms with Gasteiger partial charge in [0.25, 0.3) is 0 Å². The average molecular weight is 324 g/mol. The van der Waals surface area contributed by atoms with Crippen molar-refractivity contribution in [2.75, 3.05) is 19.0 Å². The summed E-state index contributed by atoms with van der Waals surface area (Å²) in [5.41, 5.74) is -0.710. The molecule has 1 aliphatic heterocycles. The van der Waals surface area contributed by atoms with Crippen LogP contribution in [-0.2, 0) is 14.3 Å². The number of esters is 1. The van der Waals surface area contributed by atoms with Crippen LogP contribution < -0.4 is 0 Å². The van der Waals surface area contributed by atoms with E-state index in [-0.39, 0.29) is 24.9 Å². The van der Waals surface area contributed by atoms with E-state index in [1.807, 2.05) is 0 Å². The highest BCUT2D eigenvalue weighted by Gasteiger charge is 2.25. The quantitative estimate of drug-likeness (QED) is 0.265. The Kier molecular flexibility index (Phi) is 5.10. The largest absolute Gasteiger partial charge is 0.463 e. The van der Waals surface area contributed by atoms with Gasteiger partial charge in [0.15, 0.2) is 23.3 Å². The highest BCUT2D eigenvalue weighted by atomic mass is 32.2. The minimum atomic E-state index is -1.45. The van der Waals surface area contributed by atoms with Crippen LogP contribution in [0.2, 0.25) is 0 Å². The van der Waals surface area contributed by atoms with Gasteiger partial charge in [-0.05, 0) is 6.92 Å². The fourth-order valence-electron chi connectivity index (χ4n) is 1.51. The summed E-state index contributed by atoms with van der Waals surface area (Å²) in [6.07, 6.45) is -0.204. The van der Waals surface area contributed by atoms with Crippen LogP contribution in [0.4, 0.5) is 17.6 Å². The normalized spacial score (nSPS) is 16.9. The number of carbonyl (C=O) groups excluding carboxylic acids is 1. The fourth-order valence-corrected chi connectivity index (χ4v) is 2.41. The number of halogens is 4. The first-order valence-electron chi connectivity index (χ1n) is 6.14. The lowest BCUT2D eigenvalue weighted by Gasteiger charge is -2.09. The molecule has 0 aromatic heterocycles. The smallest absolute Gasteiger partial charge is 0.306 e. The van der Waals surface area contributed by atoms with E-state index in [0.29, 0.717) is 18.4 Å². The van der Waals surface area contributed by atoms with Gasteiger partial charge in [0.1, 0.15) is 12.7 Å². The molecule has 21 heavy (non-hydrogen) atoms. The lowest BCUT2D eigenvalue weighted by Crippen LogP contribution is -2.10. The second-order valence-corrected chi connectivity index (χ2v) is 5.55. The fraction of sp³-hybridized carbons (Fsp3) is 0.462. The molecule has 0 amide bonds. The Morgan fingerprint density at radius 1 is 1.24 bits per heavy atom. The number of epoxide rings is 1. The summed E-state index contributed by atoms with van der Waals surface area (Å²) in [6.45, 7) is 1.63. The Bertz CT molecular complexity index is 532. The summed E-state index contributed by atoms with van der Waals surface area (Å²) in [7, 11) is 0. The SMILES string of the molecule is Cc1c(F)c(F)c(SCCC(=O)OCC2CO2)c(F)c1F. The number of thioether (sulfide) groups is 1. The van der Waals surface area contributed by atoms with Crippen LogP contribution in [0.25, 0.3) is 0 Å². The predicted octanol–water partition coefficient (Wildman–Crippen LogP) is 2.98. The van der Waals surface area contributed by atoms with Crippen molar-refractivity contribution in [3.05, 3.63) is 28.8 Å². The Morgan fingerprint density at radius 3 is 2.33 bits per heavy atom. The van der Waals surface area contributed by atoms with E-state index in [4.69, 9.17) is 9.47 Å². The number of hydrogen-bond donors (Lipinski definition) is 0. The van der Waals surface area contributed by atoms with Crippen LogP contribution in [-0.4, -0.2) is 31.0 Å². The molecule has 1 fully saturated rings. The summed E-state index contributed by atoms with van der Waals surface area (Å²) >= 11 is 0.527. The molecular weight excluding hydrogens is 312 g/mol. The molecule has 8 heteroatoms. The van der Waals surface area contributed by atoms with Crippen LogP contribution in [0.1, 0.15) is 12.0 Å². The molecule has 0 saturated carbocycles. The molecule has 0 bridgehead atoms. The minimum absolute atomic E-state index is 0.0554. The van der Waals surface area contributed by atoms with Gasteiger partial charge in [-0.3, -0.25) is 4.79 Å². The molecule has 0 spiro atoms. The topological polar surface area (TPSA) is 38.8 Å². The Morgan fingerprint density at radius 2 is 1.81 bits per heavy atom. The summed E-state index contributed by atoms with van der Waals surface area (Å²) in [6, 6.07) is 0. The van der Waals surface area contributed by atoms with Crippen molar-refractivity contribution < 1.29 is 31.8 Å². The average Bonchev–Trinajstić information content (AvgIpc) is 3.28. The van der Waals surface area contributed by atoms with Crippen molar-refractivity contribution in [2.24, 2.45) is 0 Å². The van der Waals surface area contributed by atoms with Crippen LogP contribution >= 0.6 is 11.8 Å². The van der Waals surface area contributed by atoms with Crippen molar-refractivity contribution in [1.82, 2.24) is 0 Å². The molecule has 1 saturated heterocycles. The third kappa shape index (κ3) is 3.88. The van der Waals surface area contributed by atoms with Crippen LogP contribution in [0, 0.1) is 30.2 Å². The van der Waals surface area contributed by atoms with E-state index in [1.54, 1.807) is 0 Å². The summed E-state index contributed by atoms with van der Waals surface area (Å²) in [4.78, 5) is 10.5. The summed E-state index contributed by atoms with van der Waals surface area (Å²) in [5, 5.41) is 0. The molecule has 1 aromatic rings. The van der Waals surface area contributed by atoms with E-state index in [0.717, 1.165) is 6.92 Å². The van der Waals surface area contributed by atoms with Crippen molar-refractivity contribution in [3.63, 3.8) is 0 Å². The maximum Gasteiger partial charge on any atom is 0.306 e. The van der Waals surface area contributed by atoms with Gasteiger partial charge in [-0.25, -0.2) is 17.6 Å². The van der Waals surface area contributed by atoms with Crippen LogP contribution in [0.15, 0.2) is 4.90 Å². The molecule has 1 atom stereocenters. The minimum Gasteiger partial charge on any atom is -0.463 e. The molecule has 1 heterocycles. The second-order valence-electron chi connectivity index (χ2n) is 4.45. The number of hydrogen-bond acceptors (Lipinski definition) is 4. The Hall–Kier alpha value is -1.28. The first-order valence-corrected chi connectivity index (χ1v) is 7.13. The predicted molar refractivity (Wildman–Crippen MR) is 67.1 cm³/mol. The standard InChI is InChI=1S/C13H12F4O3S/c1-6-9(14)11(16)13(12(17)10(6)15)21-3-2-8(18)20-5-7-4-19-7/h7H,2-5H2,1H3. The number of carbonyl (C=O) groups is 1. The monoisotopic (exact) mass is 324 g/mol. The molecule has 0 N–H and O–H groups in total. The van der Waals surface area contributed by atoms with E-state index in [2.05, 4.69) is 0 Å². The zero-order valence-electron chi connectivity index (χ0n) is 11.1. The van der Waals surface area contributed by atoms with E-state index < -0.39 is 39.7 Å². The summed E-state index contributed by atoms with van der Waals surface area (Å²) < 4.78 is 63.4. The highest BCUT2D eigenvalue weighted by molar-refractivity contribution is 7.99. The second kappa shape index (κ2) is 6.65. The van der Waals surface area contributed by atoms with Gasteiger partial charge in [0, 0.05) is 11.3 Å². The van der Waals surface area contributed by atoms with Crippen LogP contribution in [0.5, 0.6) is 0 Å². The molecular formula is C13H12F4O3S. The Balaban J connectivity index is 1.92. The van der Waals surface area contributed by atoms with Gasteiger partial charge in [-0.2, -0.15) is 0 Å². The number of benzene rings is 1. The maximum absolute atomic E-state index is 13.6. The zero-order valence-corrected chi connectivity index (χ0v) is 11.9. The van der Waals surface area contributed by atoms with Gasteiger partial charge >= 0.3 is 5.97 Å². The first kappa shape index (κ1) is 16.1. The van der Waals surface area contributed by atoms with Gasteiger partial charge in [0.05, 0.1) is 17.9 Å².